The van der Waals surface area contributed by atoms with Crippen LogP contribution in [-0.2, 0) is 6.54 Å². The number of nitrogens with one attached hydrogen (secondary N) is 2. The highest BCUT2D eigenvalue weighted by molar-refractivity contribution is 6.30. The summed E-state index contributed by atoms with van der Waals surface area (Å²) in [6, 6.07) is 22.4. The lowest BCUT2D eigenvalue weighted by molar-refractivity contribution is 0.415. The Balaban J connectivity index is 1.78. The van der Waals surface area contributed by atoms with E-state index in [0.717, 1.165) is 40.4 Å². The van der Waals surface area contributed by atoms with Gasteiger partial charge in [-0.1, -0.05) is 43.6 Å². The first-order valence-electron chi connectivity index (χ1n) is 9.95. The van der Waals surface area contributed by atoms with Gasteiger partial charge in [0, 0.05) is 28.7 Å². The van der Waals surface area contributed by atoms with Crippen molar-refractivity contribution < 1.29 is 4.74 Å². The van der Waals surface area contributed by atoms with Crippen molar-refractivity contribution >= 4 is 34.0 Å². The third kappa shape index (κ3) is 4.42. The minimum Gasteiger partial charge on any atom is -0.497 e. The minimum atomic E-state index is 0.431. The Kier molecular flexibility index (Phi) is 5.93. The fourth-order valence-electron chi connectivity index (χ4n) is 3.34. The van der Waals surface area contributed by atoms with Crippen LogP contribution in [0.4, 0.5) is 11.5 Å². The van der Waals surface area contributed by atoms with Crippen LogP contribution in [0.1, 0.15) is 19.4 Å². The van der Waals surface area contributed by atoms with Gasteiger partial charge < -0.3 is 15.4 Å². The topological polar surface area (TPSA) is 51.1 Å². The van der Waals surface area contributed by atoms with Gasteiger partial charge in [-0.25, -0.2) is 4.68 Å². The van der Waals surface area contributed by atoms with Crippen LogP contribution in [-0.4, -0.2) is 22.9 Å². The Morgan fingerprint density at radius 1 is 1.03 bits per heavy atom. The van der Waals surface area contributed by atoms with Crippen molar-refractivity contribution in [2.45, 2.75) is 26.4 Å². The summed E-state index contributed by atoms with van der Waals surface area (Å²) >= 11 is 6.16. The molecule has 0 amide bonds. The van der Waals surface area contributed by atoms with Crippen LogP contribution in [0.2, 0.25) is 5.02 Å². The molecule has 1 aromatic heterocycles. The van der Waals surface area contributed by atoms with E-state index in [1.165, 1.54) is 5.56 Å². The van der Waals surface area contributed by atoms with Crippen molar-refractivity contribution in [1.29, 1.82) is 0 Å². The molecule has 3 aromatic carbocycles. The first-order valence-corrected chi connectivity index (χ1v) is 10.3. The maximum atomic E-state index is 6.16. The molecular weight excluding hydrogens is 396 g/mol. The number of methoxy groups -OCH3 is 1. The number of hydrogen-bond acceptors (Lipinski definition) is 4. The molecule has 4 aromatic rings. The molecule has 0 aliphatic rings. The normalized spacial score (nSPS) is 11.2. The summed E-state index contributed by atoms with van der Waals surface area (Å²) < 4.78 is 7.40. The van der Waals surface area contributed by atoms with Crippen molar-refractivity contribution in [2.75, 3.05) is 12.4 Å². The van der Waals surface area contributed by atoms with E-state index in [-0.39, 0.29) is 0 Å². The molecule has 0 aliphatic carbocycles. The summed E-state index contributed by atoms with van der Waals surface area (Å²) in [5.74, 6) is 1.53. The van der Waals surface area contributed by atoms with Crippen LogP contribution in [0.15, 0.2) is 66.7 Å². The molecular formula is C24H25ClN4O. The van der Waals surface area contributed by atoms with E-state index in [1.807, 2.05) is 47.1 Å². The second-order valence-corrected chi connectivity index (χ2v) is 7.92. The zero-order valence-electron chi connectivity index (χ0n) is 17.3. The van der Waals surface area contributed by atoms with Gasteiger partial charge in [-0.05, 0) is 54.1 Å². The summed E-state index contributed by atoms with van der Waals surface area (Å²) in [5, 5.41) is 13.4. The molecule has 4 rings (SSSR count). The molecule has 0 saturated heterocycles. The Labute approximate surface area is 181 Å². The second kappa shape index (κ2) is 8.78. The van der Waals surface area contributed by atoms with Crippen LogP contribution < -0.4 is 15.4 Å². The maximum absolute atomic E-state index is 6.16. The number of benzene rings is 3. The molecule has 2 N–H and O–H groups in total. The van der Waals surface area contributed by atoms with E-state index >= 15 is 0 Å². The van der Waals surface area contributed by atoms with E-state index in [9.17, 15) is 0 Å². The average molecular weight is 421 g/mol. The molecule has 1 heterocycles. The predicted molar refractivity (Wildman–Crippen MR) is 124 cm³/mol. The highest BCUT2D eigenvalue weighted by Gasteiger charge is 2.14. The standard InChI is InChI=1S/C24H25ClN4O/c1-16(2)26-15-17-6-4-9-20(12-17)29-23-11-10-21(30-3)14-22(23)24(28-29)27-19-8-5-7-18(25)13-19/h4-14,16,26H,15H2,1-3H3,(H,27,28). The van der Waals surface area contributed by atoms with Gasteiger partial charge in [-0.15, -0.1) is 5.10 Å². The molecule has 154 valence electrons. The van der Waals surface area contributed by atoms with Gasteiger partial charge >= 0.3 is 0 Å². The highest BCUT2D eigenvalue weighted by Crippen LogP contribution is 2.31. The molecule has 0 radical (unpaired) electrons. The molecule has 0 unspecified atom stereocenters. The number of rotatable bonds is 7. The molecule has 30 heavy (non-hydrogen) atoms. The van der Waals surface area contributed by atoms with Gasteiger partial charge in [0.2, 0.25) is 0 Å². The van der Waals surface area contributed by atoms with Gasteiger partial charge in [0.1, 0.15) is 5.75 Å². The fraction of sp³-hybridized carbons (Fsp3) is 0.208. The van der Waals surface area contributed by atoms with Crippen molar-refractivity contribution in [3.05, 3.63) is 77.3 Å². The van der Waals surface area contributed by atoms with E-state index in [1.54, 1.807) is 7.11 Å². The summed E-state index contributed by atoms with van der Waals surface area (Å²) in [7, 11) is 1.67. The zero-order chi connectivity index (χ0) is 21.1. The molecule has 0 aliphatic heterocycles. The van der Waals surface area contributed by atoms with Crippen molar-refractivity contribution in [3.63, 3.8) is 0 Å². The van der Waals surface area contributed by atoms with Crippen LogP contribution in [0.3, 0.4) is 0 Å². The SMILES string of the molecule is COc1ccc2c(c1)c(Nc1cccc(Cl)c1)nn2-c1cccc(CNC(C)C)c1. The first kappa shape index (κ1) is 20.3. The quantitative estimate of drug-likeness (QED) is 0.389. The lowest BCUT2D eigenvalue weighted by atomic mass is 10.2. The Hall–Kier alpha value is -3.02. The number of ether oxygens (including phenoxy) is 1. The molecule has 5 nitrogen and oxygen atoms in total. The third-order valence-electron chi connectivity index (χ3n) is 4.84. The molecule has 0 bridgehead atoms. The van der Waals surface area contributed by atoms with Crippen LogP contribution in [0.5, 0.6) is 5.75 Å². The van der Waals surface area contributed by atoms with Crippen LogP contribution >= 0.6 is 11.6 Å². The lowest BCUT2D eigenvalue weighted by Crippen LogP contribution is -2.21. The second-order valence-electron chi connectivity index (χ2n) is 7.48. The van der Waals surface area contributed by atoms with Crippen LogP contribution in [0.25, 0.3) is 16.6 Å². The maximum Gasteiger partial charge on any atom is 0.160 e. The number of aromatic nitrogens is 2. The summed E-state index contributed by atoms with van der Waals surface area (Å²) in [6.07, 6.45) is 0. The Morgan fingerprint density at radius 3 is 2.63 bits per heavy atom. The molecule has 0 saturated carbocycles. The number of nitrogens with zero attached hydrogens (tertiary/aromatic N) is 2. The van der Waals surface area contributed by atoms with Gasteiger partial charge in [-0.2, -0.15) is 0 Å². The smallest absolute Gasteiger partial charge is 0.160 e. The number of halogens is 1. The van der Waals surface area contributed by atoms with Gasteiger partial charge in [0.25, 0.3) is 0 Å². The van der Waals surface area contributed by atoms with E-state index < -0.39 is 0 Å². The molecule has 0 atom stereocenters. The highest BCUT2D eigenvalue weighted by atomic mass is 35.5. The van der Waals surface area contributed by atoms with Gasteiger partial charge in [-0.3, -0.25) is 0 Å². The van der Waals surface area contributed by atoms with Crippen molar-refractivity contribution in [3.8, 4) is 11.4 Å². The zero-order valence-corrected chi connectivity index (χ0v) is 18.1. The van der Waals surface area contributed by atoms with Crippen molar-refractivity contribution in [2.24, 2.45) is 0 Å². The number of hydrogen-bond donors (Lipinski definition) is 2. The van der Waals surface area contributed by atoms with Gasteiger partial charge in [0.15, 0.2) is 5.82 Å². The van der Waals surface area contributed by atoms with E-state index in [2.05, 4.69) is 48.7 Å². The van der Waals surface area contributed by atoms with E-state index in [0.29, 0.717) is 11.1 Å². The first-order chi connectivity index (χ1) is 14.5. The minimum absolute atomic E-state index is 0.431. The molecule has 0 spiro atoms. The van der Waals surface area contributed by atoms with Crippen LogP contribution in [0, 0.1) is 0 Å². The van der Waals surface area contributed by atoms with E-state index in [4.69, 9.17) is 21.4 Å². The summed E-state index contributed by atoms with van der Waals surface area (Å²) in [5.41, 5.74) is 4.09. The Bertz CT molecular complexity index is 1170. The molecule has 6 heteroatoms. The lowest BCUT2D eigenvalue weighted by Gasteiger charge is -2.10. The number of fused-ring (bicyclic) bond motifs is 1. The monoisotopic (exact) mass is 420 g/mol. The fourth-order valence-corrected chi connectivity index (χ4v) is 3.53. The summed E-state index contributed by atoms with van der Waals surface area (Å²) in [4.78, 5) is 0. The third-order valence-corrected chi connectivity index (χ3v) is 5.08. The van der Waals surface area contributed by atoms with Gasteiger partial charge in [0.05, 0.1) is 18.3 Å². The van der Waals surface area contributed by atoms with Crippen molar-refractivity contribution in [1.82, 2.24) is 15.1 Å². The summed E-state index contributed by atoms with van der Waals surface area (Å²) in [6.45, 7) is 5.10. The Morgan fingerprint density at radius 2 is 1.87 bits per heavy atom. The number of anilines is 2. The average Bonchev–Trinajstić information content (AvgIpc) is 3.10. The predicted octanol–water partition coefficient (Wildman–Crippen LogP) is 5.93. The molecule has 0 fully saturated rings. The largest absolute Gasteiger partial charge is 0.497 e.